The summed E-state index contributed by atoms with van der Waals surface area (Å²) in [5, 5.41) is 2.30. The molecule has 1 aromatic carbocycles. The van der Waals surface area contributed by atoms with Crippen LogP contribution in [0.4, 0.5) is 26.3 Å². The van der Waals surface area contributed by atoms with Gasteiger partial charge in [0.05, 0.1) is 10.7 Å². The Hall–Kier alpha value is -1.92. The number of aryl methyl sites for hydroxylation is 1. The quantitative estimate of drug-likeness (QED) is 0.409. The van der Waals surface area contributed by atoms with Crippen molar-refractivity contribution in [3.05, 3.63) is 46.2 Å². The zero-order valence-electron chi connectivity index (χ0n) is 15.6. The van der Waals surface area contributed by atoms with E-state index in [2.05, 4.69) is 14.9 Å². The van der Waals surface area contributed by atoms with Crippen molar-refractivity contribution in [1.82, 2.24) is 15.1 Å². The van der Waals surface area contributed by atoms with Crippen molar-refractivity contribution < 1.29 is 35.9 Å². The van der Waals surface area contributed by atoms with Crippen molar-refractivity contribution in [2.24, 2.45) is 0 Å². The van der Waals surface area contributed by atoms with Crippen molar-refractivity contribution in [3.8, 4) is 0 Å². The second-order valence-electron chi connectivity index (χ2n) is 6.07. The number of nitrogens with zero attached hydrogens (tertiary/aromatic N) is 2. The van der Waals surface area contributed by atoms with Crippen LogP contribution in [0.2, 0.25) is 5.02 Å². The SMILES string of the molecule is CCc1[nH]nc(C(=O)N(C)Cc2ccc(SC(F)(F)C(F)OC(F)(F)F)cc2)c1Cl. The van der Waals surface area contributed by atoms with Gasteiger partial charge in [0.15, 0.2) is 5.69 Å². The Morgan fingerprint density at radius 2 is 1.87 bits per heavy atom. The molecule has 1 amide bonds. The molecule has 13 heteroatoms. The van der Waals surface area contributed by atoms with E-state index < -0.39 is 35.6 Å². The highest BCUT2D eigenvalue weighted by Crippen LogP contribution is 2.42. The highest BCUT2D eigenvalue weighted by atomic mass is 35.5. The number of halogens is 7. The highest BCUT2D eigenvalue weighted by Gasteiger charge is 2.48. The minimum atomic E-state index is -5.53. The Bertz CT molecular complexity index is 875. The summed E-state index contributed by atoms with van der Waals surface area (Å²) in [7, 11) is 1.48. The minimum absolute atomic E-state index is 0.0430. The van der Waals surface area contributed by atoms with Crippen LogP contribution in [0.3, 0.4) is 0 Å². The third-order valence-electron chi connectivity index (χ3n) is 3.78. The number of amides is 1. The van der Waals surface area contributed by atoms with Crippen molar-refractivity contribution in [2.45, 2.75) is 42.8 Å². The van der Waals surface area contributed by atoms with Crippen LogP contribution < -0.4 is 0 Å². The Balaban J connectivity index is 2.01. The molecule has 1 heterocycles. The molecule has 0 saturated carbocycles. The number of carbonyl (C=O) groups is 1. The second kappa shape index (κ2) is 9.48. The third-order valence-corrected chi connectivity index (χ3v) is 5.15. The van der Waals surface area contributed by atoms with Crippen LogP contribution >= 0.6 is 23.4 Å². The smallest absolute Gasteiger partial charge is 0.336 e. The van der Waals surface area contributed by atoms with Gasteiger partial charge in [-0.1, -0.05) is 30.7 Å². The fraction of sp³-hybridized carbons (Fsp3) is 0.412. The van der Waals surface area contributed by atoms with E-state index in [1.54, 1.807) is 0 Å². The summed E-state index contributed by atoms with van der Waals surface area (Å²) in [6.45, 7) is 1.91. The summed E-state index contributed by atoms with van der Waals surface area (Å²) >= 11 is 5.68. The van der Waals surface area contributed by atoms with Crippen LogP contribution in [0.1, 0.15) is 28.7 Å². The molecule has 0 aliphatic heterocycles. The number of alkyl halides is 6. The fourth-order valence-corrected chi connectivity index (χ4v) is 3.35. The van der Waals surface area contributed by atoms with E-state index in [1.165, 1.54) is 36.2 Å². The number of benzene rings is 1. The first-order valence-electron chi connectivity index (χ1n) is 8.36. The topological polar surface area (TPSA) is 58.2 Å². The molecule has 30 heavy (non-hydrogen) atoms. The van der Waals surface area contributed by atoms with Crippen molar-refractivity contribution >= 4 is 29.3 Å². The molecule has 1 N–H and O–H groups in total. The number of aromatic nitrogens is 2. The standard InChI is InChI=1S/C17H16ClF6N3O2S/c1-3-11-12(18)13(26-25-11)14(28)27(2)8-9-4-6-10(7-5-9)30-16(20,21)15(19)29-17(22,23)24/h4-7,15H,3,8H2,1-2H3,(H,25,26). The predicted molar refractivity (Wildman–Crippen MR) is 98.1 cm³/mol. The van der Waals surface area contributed by atoms with Crippen LogP contribution in [-0.2, 0) is 17.7 Å². The van der Waals surface area contributed by atoms with Crippen molar-refractivity contribution in [1.29, 1.82) is 0 Å². The van der Waals surface area contributed by atoms with Gasteiger partial charge >= 0.3 is 11.6 Å². The highest BCUT2D eigenvalue weighted by molar-refractivity contribution is 8.00. The number of aromatic amines is 1. The molecule has 0 radical (unpaired) electrons. The molecule has 0 fully saturated rings. The van der Waals surface area contributed by atoms with Gasteiger partial charge in [0, 0.05) is 18.5 Å². The van der Waals surface area contributed by atoms with Crippen LogP contribution in [0.25, 0.3) is 0 Å². The van der Waals surface area contributed by atoms with Crippen molar-refractivity contribution in [3.63, 3.8) is 0 Å². The molecule has 1 aromatic heterocycles. The summed E-state index contributed by atoms with van der Waals surface area (Å²) in [5.41, 5.74) is 1.18. The molecule has 5 nitrogen and oxygen atoms in total. The summed E-state index contributed by atoms with van der Waals surface area (Å²) in [5.74, 6) is -0.467. The van der Waals surface area contributed by atoms with Gasteiger partial charge in [0.2, 0.25) is 0 Å². The second-order valence-corrected chi connectivity index (χ2v) is 7.66. The van der Waals surface area contributed by atoms with Gasteiger partial charge in [0.1, 0.15) is 0 Å². The zero-order chi connectivity index (χ0) is 22.7. The summed E-state index contributed by atoms with van der Waals surface area (Å²) in [6, 6.07) is 5.10. The number of carbonyl (C=O) groups excluding carboxylic acids is 1. The molecule has 2 aromatic rings. The molecule has 0 spiro atoms. The Kier molecular flexibility index (Phi) is 7.69. The average Bonchev–Trinajstić information content (AvgIpc) is 3.01. The number of ether oxygens (including phenoxy) is 1. The molecule has 166 valence electrons. The number of rotatable bonds is 8. The van der Waals surface area contributed by atoms with Gasteiger partial charge in [-0.25, -0.2) is 9.13 Å². The van der Waals surface area contributed by atoms with E-state index in [0.717, 1.165) is 0 Å². The zero-order valence-corrected chi connectivity index (χ0v) is 17.1. The van der Waals surface area contributed by atoms with E-state index in [9.17, 15) is 31.1 Å². The van der Waals surface area contributed by atoms with E-state index in [4.69, 9.17) is 11.6 Å². The summed E-state index contributed by atoms with van der Waals surface area (Å²) < 4.78 is 78.9. The van der Waals surface area contributed by atoms with Crippen LogP contribution in [0, 0.1) is 0 Å². The first-order valence-corrected chi connectivity index (χ1v) is 9.56. The average molecular weight is 476 g/mol. The lowest BCUT2D eigenvalue weighted by molar-refractivity contribution is -0.377. The van der Waals surface area contributed by atoms with Gasteiger partial charge in [-0.2, -0.15) is 13.9 Å². The van der Waals surface area contributed by atoms with Crippen LogP contribution in [0.15, 0.2) is 29.2 Å². The number of thioether (sulfide) groups is 1. The van der Waals surface area contributed by atoms with E-state index in [-0.39, 0.29) is 22.2 Å². The molecule has 0 aliphatic rings. The van der Waals surface area contributed by atoms with Gasteiger partial charge in [0.25, 0.3) is 12.3 Å². The fourth-order valence-electron chi connectivity index (χ4n) is 2.32. The normalized spacial score (nSPS) is 13.4. The van der Waals surface area contributed by atoms with Crippen LogP contribution in [0.5, 0.6) is 0 Å². The molecule has 1 atom stereocenters. The first kappa shape index (κ1) is 24.4. The minimum Gasteiger partial charge on any atom is -0.336 e. The van der Waals surface area contributed by atoms with Gasteiger partial charge < -0.3 is 4.90 Å². The van der Waals surface area contributed by atoms with Gasteiger partial charge in [-0.3, -0.25) is 9.89 Å². The third kappa shape index (κ3) is 6.29. The number of hydrogen-bond acceptors (Lipinski definition) is 4. The van der Waals surface area contributed by atoms with Gasteiger partial charge in [-0.05, 0) is 35.9 Å². The number of H-pyrrole nitrogens is 1. The maximum absolute atomic E-state index is 13.6. The molecule has 2 rings (SSSR count). The monoisotopic (exact) mass is 475 g/mol. The largest absolute Gasteiger partial charge is 0.525 e. The van der Waals surface area contributed by atoms with Crippen molar-refractivity contribution in [2.75, 3.05) is 7.05 Å². The van der Waals surface area contributed by atoms with E-state index in [1.807, 2.05) is 6.92 Å². The predicted octanol–water partition coefficient (Wildman–Crippen LogP) is 5.41. The molecule has 0 bridgehead atoms. The maximum Gasteiger partial charge on any atom is 0.525 e. The Labute approximate surface area is 176 Å². The lowest BCUT2D eigenvalue weighted by Crippen LogP contribution is -2.33. The summed E-state index contributed by atoms with van der Waals surface area (Å²) in [4.78, 5) is 13.6. The molecular formula is C17H16ClF6N3O2S. The number of hydrogen-bond donors (Lipinski definition) is 1. The van der Waals surface area contributed by atoms with E-state index in [0.29, 0.717) is 17.7 Å². The molecule has 0 saturated heterocycles. The first-order chi connectivity index (χ1) is 13.8. The molecule has 0 aliphatic carbocycles. The van der Waals surface area contributed by atoms with E-state index >= 15 is 0 Å². The summed E-state index contributed by atoms with van der Waals surface area (Å²) in [6.07, 6.45) is -8.84. The number of nitrogens with one attached hydrogen (secondary N) is 1. The lowest BCUT2D eigenvalue weighted by Gasteiger charge is -2.21. The molecular weight excluding hydrogens is 460 g/mol. The maximum atomic E-state index is 13.6. The van der Waals surface area contributed by atoms with Crippen LogP contribution in [-0.4, -0.2) is 46.0 Å². The van der Waals surface area contributed by atoms with Gasteiger partial charge in [-0.15, -0.1) is 13.2 Å². The lowest BCUT2D eigenvalue weighted by atomic mass is 10.2. The molecule has 1 unspecified atom stereocenters. The Morgan fingerprint density at radius 1 is 1.27 bits per heavy atom. The Morgan fingerprint density at radius 3 is 2.37 bits per heavy atom.